The zero-order valence-corrected chi connectivity index (χ0v) is 23.8. The molecule has 2 amide bonds. The van der Waals surface area contributed by atoms with Gasteiger partial charge < -0.3 is 30.0 Å². The number of hydrogen-bond donors (Lipinski definition) is 3. The highest BCUT2D eigenvalue weighted by Crippen LogP contribution is 2.37. The summed E-state index contributed by atoms with van der Waals surface area (Å²) in [6, 6.07) is 12.5. The van der Waals surface area contributed by atoms with E-state index in [0.717, 1.165) is 24.8 Å². The van der Waals surface area contributed by atoms with Crippen molar-refractivity contribution in [1.29, 1.82) is 0 Å². The number of amides is 2. The van der Waals surface area contributed by atoms with E-state index in [2.05, 4.69) is 48.2 Å². The molecule has 39 heavy (non-hydrogen) atoms. The van der Waals surface area contributed by atoms with Gasteiger partial charge in [-0.3, -0.25) is 9.88 Å². The molecular weight excluding hydrogens is 496 g/mol. The van der Waals surface area contributed by atoms with Gasteiger partial charge in [0.25, 0.3) is 0 Å². The first-order chi connectivity index (χ1) is 18.7. The molecule has 0 radical (unpaired) electrons. The van der Waals surface area contributed by atoms with Crippen molar-refractivity contribution in [3.63, 3.8) is 0 Å². The number of nitrogens with one attached hydrogen (secondary N) is 2. The Bertz CT molecular complexity index is 1190. The fourth-order valence-corrected chi connectivity index (χ4v) is 4.03. The van der Waals surface area contributed by atoms with Crippen LogP contribution in [0.4, 0.5) is 10.5 Å². The third kappa shape index (κ3) is 9.60. The van der Waals surface area contributed by atoms with Gasteiger partial charge in [0, 0.05) is 43.0 Å². The van der Waals surface area contributed by atoms with Crippen LogP contribution < -0.4 is 24.8 Å². The molecule has 9 nitrogen and oxygen atoms in total. The Kier molecular flexibility index (Phi) is 11.2. The third-order valence-corrected chi connectivity index (χ3v) is 6.11. The smallest absolute Gasteiger partial charge is 0.319 e. The molecule has 1 heterocycles. The van der Waals surface area contributed by atoms with Crippen molar-refractivity contribution in [1.82, 2.24) is 15.2 Å². The molecule has 1 aromatic heterocycles. The van der Waals surface area contributed by atoms with Crippen LogP contribution in [0.25, 0.3) is 10.9 Å². The van der Waals surface area contributed by atoms with Crippen LogP contribution in [0.1, 0.15) is 40.5 Å². The number of urea groups is 1. The van der Waals surface area contributed by atoms with Gasteiger partial charge in [-0.2, -0.15) is 0 Å². The van der Waals surface area contributed by atoms with Crippen molar-refractivity contribution in [2.24, 2.45) is 5.41 Å². The number of anilines is 1. The Morgan fingerprint density at radius 3 is 2.46 bits per heavy atom. The van der Waals surface area contributed by atoms with Crippen molar-refractivity contribution >= 4 is 22.6 Å². The summed E-state index contributed by atoms with van der Waals surface area (Å²) >= 11 is 0. The van der Waals surface area contributed by atoms with E-state index >= 15 is 0 Å². The summed E-state index contributed by atoms with van der Waals surface area (Å²) in [5, 5.41) is 15.8. The van der Waals surface area contributed by atoms with Crippen LogP contribution in [-0.4, -0.2) is 67.5 Å². The van der Waals surface area contributed by atoms with E-state index in [1.54, 1.807) is 43.6 Å². The average Bonchev–Trinajstić information content (AvgIpc) is 2.89. The lowest BCUT2D eigenvalue weighted by Crippen LogP contribution is -2.31. The predicted molar refractivity (Wildman–Crippen MR) is 155 cm³/mol. The molecule has 0 aliphatic rings. The van der Waals surface area contributed by atoms with Crippen LogP contribution in [0, 0.1) is 5.41 Å². The summed E-state index contributed by atoms with van der Waals surface area (Å²) in [4.78, 5) is 18.8. The Balaban J connectivity index is 1.65. The Hall–Kier alpha value is -3.56. The number of rotatable bonds is 14. The number of nitrogens with zero attached hydrogens (tertiary/aromatic N) is 2. The van der Waals surface area contributed by atoms with Gasteiger partial charge >= 0.3 is 6.03 Å². The number of aliphatic hydroxyl groups is 1. The van der Waals surface area contributed by atoms with E-state index in [1.807, 2.05) is 12.1 Å². The first-order valence-electron chi connectivity index (χ1n) is 13.5. The largest absolute Gasteiger partial charge is 0.493 e. The molecule has 0 saturated heterocycles. The average molecular weight is 539 g/mol. The number of ether oxygens (including phenoxy) is 3. The molecule has 0 aliphatic carbocycles. The van der Waals surface area contributed by atoms with E-state index in [0.29, 0.717) is 60.4 Å². The highest BCUT2D eigenvalue weighted by Gasteiger charge is 2.14. The topological polar surface area (TPSA) is 105 Å². The minimum atomic E-state index is -0.232. The molecule has 0 fully saturated rings. The lowest BCUT2D eigenvalue weighted by Gasteiger charge is -2.21. The summed E-state index contributed by atoms with van der Waals surface area (Å²) in [5.41, 5.74) is 1.56. The molecule has 0 saturated carbocycles. The Labute approximate surface area is 231 Å². The zero-order chi connectivity index (χ0) is 28.3. The molecule has 0 aliphatic heterocycles. The maximum absolute atomic E-state index is 12.2. The fourth-order valence-electron chi connectivity index (χ4n) is 4.03. The molecule has 2 aromatic carbocycles. The Morgan fingerprint density at radius 1 is 1.03 bits per heavy atom. The Morgan fingerprint density at radius 2 is 1.79 bits per heavy atom. The number of benzene rings is 2. The van der Waals surface area contributed by atoms with Gasteiger partial charge in [-0.05, 0) is 61.2 Å². The van der Waals surface area contributed by atoms with Crippen molar-refractivity contribution in [3.8, 4) is 23.0 Å². The normalized spacial score (nSPS) is 11.5. The summed E-state index contributed by atoms with van der Waals surface area (Å²) in [5.74, 6) is 2.44. The molecule has 0 unspecified atom stereocenters. The van der Waals surface area contributed by atoms with E-state index < -0.39 is 0 Å². The summed E-state index contributed by atoms with van der Waals surface area (Å²) in [6.07, 6.45) is 3.60. The number of carbonyl (C=O) groups excluding carboxylic acids is 1. The number of hydrogen-bond acceptors (Lipinski definition) is 7. The lowest BCUT2D eigenvalue weighted by atomic mass is 9.92. The second-order valence-corrected chi connectivity index (χ2v) is 10.6. The van der Waals surface area contributed by atoms with Gasteiger partial charge in [0.15, 0.2) is 11.5 Å². The highest BCUT2D eigenvalue weighted by molar-refractivity contribution is 5.89. The SMILES string of the molecule is CCCN(CCO)CCOc1cc2nccc(Oc3ccc(NC(=O)NCCC(C)(C)C)cc3)c2cc1OC. The number of pyridine rings is 1. The van der Waals surface area contributed by atoms with Crippen LogP contribution in [0.2, 0.25) is 0 Å². The van der Waals surface area contributed by atoms with Gasteiger partial charge in [0.2, 0.25) is 0 Å². The monoisotopic (exact) mass is 538 g/mol. The van der Waals surface area contributed by atoms with E-state index in [9.17, 15) is 9.90 Å². The van der Waals surface area contributed by atoms with Crippen molar-refractivity contribution < 1.29 is 24.1 Å². The molecule has 3 N–H and O–H groups in total. The van der Waals surface area contributed by atoms with Gasteiger partial charge in [0.05, 0.1) is 19.2 Å². The highest BCUT2D eigenvalue weighted by atomic mass is 16.5. The van der Waals surface area contributed by atoms with Crippen LogP contribution in [-0.2, 0) is 0 Å². The summed E-state index contributed by atoms with van der Waals surface area (Å²) in [7, 11) is 1.60. The molecule has 3 rings (SSSR count). The predicted octanol–water partition coefficient (Wildman–Crippen LogP) is 5.68. The van der Waals surface area contributed by atoms with Crippen LogP contribution in [0.5, 0.6) is 23.0 Å². The molecule has 0 bridgehead atoms. The first kappa shape index (κ1) is 30.0. The van der Waals surface area contributed by atoms with Crippen LogP contribution in [0.3, 0.4) is 0 Å². The number of aliphatic hydroxyl groups excluding tert-OH is 1. The van der Waals surface area contributed by atoms with Crippen molar-refractivity contribution in [3.05, 3.63) is 48.7 Å². The molecular formula is C30H42N4O5. The second kappa shape index (κ2) is 14.6. The molecule has 0 atom stereocenters. The van der Waals surface area contributed by atoms with Gasteiger partial charge in [-0.15, -0.1) is 0 Å². The maximum Gasteiger partial charge on any atom is 0.319 e. The molecule has 0 spiro atoms. The standard InChI is InChI=1S/C30H42N4O5/c1-6-15-34(16-18-35)17-19-38-28-21-25-24(20-27(28)37-5)26(11-13-31-25)39-23-9-7-22(8-10-23)33-29(36)32-14-12-30(2,3)4/h7-11,13,20-21,35H,6,12,14-19H2,1-5H3,(H2,32,33,36). The van der Waals surface area contributed by atoms with E-state index in [-0.39, 0.29) is 18.1 Å². The minimum Gasteiger partial charge on any atom is -0.493 e. The van der Waals surface area contributed by atoms with E-state index in [4.69, 9.17) is 14.2 Å². The van der Waals surface area contributed by atoms with E-state index in [1.165, 1.54) is 0 Å². The van der Waals surface area contributed by atoms with Crippen molar-refractivity contribution in [2.45, 2.75) is 40.5 Å². The first-order valence-corrected chi connectivity index (χ1v) is 13.5. The lowest BCUT2D eigenvalue weighted by molar-refractivity contribution is 0.167. The zero-order valence-electron chi connectivity index (χ0n) is 23.8. The van der Waals surface area contributed by atoms with Crippen molar-refractivity contribution in [2.75, 3.05) is 51.8 Å². The summed E-state index contributed by atoms with van der Waals surface area (Å²) in [6.45, 7) is 12.0. The fraction of sp³-hybridized carbons (Fsp3) is 0.467. The second-order valence-electron chi connectivity index (χ2n) is 10.6. The summed E-state index contributed by atoms with van der Waals surface area (Å²) < 4.78 is 17.8. The quantitative estimate of drug-likeness (QED) is 0.243. The molecule has 212 valence electrons. The van der Waals surface area contributed by atoms with Gasteiger partial charge in [-0.1, -0.05) is 27.7 Å². The third-order valence-electron chi connectivity index (χ3n) is 6.11. The maximum atomic E-state index is 12.2. The number of carbonyl (C=O) groups is 1. The number of fused-ring (bicyclic) bond motifs is 1. The van der Waals surface area contributed by atoms with Gasteiger partial charge in [-0.25, -0.2) is 4.79 Å². The number of methoxy groups -OCH3 is 1. The number of aromatic nitrogens is 1. The van der Waals surface area contributed by atoms with Crippen LogP contribution >= 0.6 is 0 Å². The van der Waals surface area contributed by atoms with Crippen LogP contribution in [0.15, 0.2) is 48.7 Å². The molecule has 9 heteroatoms. The minimum absolute atomic E-state index is 0.123. The van der Waals surface area contributed by atoms with Gasteiger partial charge in [0.1, 0.15) is 18.1 Å². The molecule has 3 aromatic rings.